The Bertz CT molecular complexity index is 1230. The van der Waals surface area contributed by atoms with Gasteiger partial charge in [0, 0.05) is 19.3 Å². The Kier molecular flexibility index (Phi) is 4.10. The van der Waals surface area contributed by atoms with Crippen molar-refractivity contribution in [3.05, 3.63) is 53.4 Å². The van der Waals surface area contributed by atoms with Gasteiger partial charge in [-0.05, 0) is 26.3 Å². The number of carbonyl (C=O) groups is 1. The molecule has 4 aromatic rings. The summed E-state index contributed by atoms with van der Waals surface area (Å²) in [5.41, 5.74) is 2.66. The molecule has 1 N–H and O–H groups in total. The molecule has 4 rings (SSSR count). The van der Waals surface area contributed by atoms with Crippen LogP contribution in [0.25, 0.3) is 16.9 Å². The van der Waals surface area contributed by atoms with Crippen LogP contribution in [0, 0.1) is 26.6 Å². The summed E-state index contributed by atoms with van der Waals surface area (Å²) >= 11 is 0. The number of amides is 1. The Morgan fingerprint density at radius 3 is 2.71 bits per heavy atom. The van der Waals surface area contributed by atoms with Crippen molar-refractivity contribution < 1.29 is 9.18 Å². The summed E-state index contributed by atoms with van der Waals surface area (Å²) in [6, 6.07) is 1.43. The lowest BCUT2D eigenvalue weighted by molar-refractivity contribution is 0.101. The number of fused-ring (bicyclic) bond motifs is 1. The number of aromatic nitrogens is 7. The number of nitrogens with zero attached hydrogens (tertiary/aromatic N) is 7. The second kappa shape index (κ2) is 6.48. The molecule has 0 aliphatic rings. The summed E-state index contributed by atoms with van der Waals surface area (Å²) in [6.07, 6.45) is 4.42. The highest BCUT2D eigenvalue weighted by Gasteiger charge is 2.22. The van der Waals surface area contributed by atoms with Gasteiger partial charge >= 0.3 is 0 Å². The summed E-state index contributed by atoms with van der Waals surface area (Å²) in [4.78, 5) is 25.7. The van der Waals surface area contributed by atoms with Crippen LogP contribution in [0.15, 0.2) is 24.7 Å². The van der Waals surface area contributed by atoms with E-state index in [-0.39, 0.29) is 11.4 Å². The van der Waals surface area contributed by atoms with Crippen molar-refractivity contribution in [3.63, 3.8) is 0 Å². The second-order valence-electron chi connectivity index (χ2n) is 6.43. The Labute approximate surface area is 159 Å². The molecular formula is C18H17FN8O. The largest absolute Gasteiger partial charge is 0.318 e. The molecule has 0 spiro atoms. The monoisotopic (exact) mass is 380 g/mol. The topological polar surface area (TPSA) is 103 Å². The first-order valence-corrected chi connectivity index (χ1v) is 8.50. The molecule has 0 saturated heterocycles. The van der Waals surface area contributed by atoms with Gasteiger partial charge in [0.1, 0.15) is 17.3 Å². The molecule has 0 atom stereocenters. The van der Waals surface area contributed by atoms with Crippen molar-refractivity contribution in [2.45, 2.75) is 20.8 Å². The average Bonchev–Trinajstić information content (AvgIpc) is 3.18. The van der Waals surface area contributed by atoms with Gasteiger partial charge < -0.3 is 5.32 Å². The van der Waals surface area contributed by atoms with Gasteiger partial charge in [0.2, 0.25) is 0 Å². The third-order valence-electron chi connectivity index (χ3n) is 4.28. The summed E-state index contributed by atoms with van der Waals surface area (Å²) in [5.74, 6) is -0.0467. The van der Waals surface area contributed by atoms with E-state index in [0.29, 0.717) is 28.6 Å². The van der Waals surface area contributed by atoms with Crippen LogP contribution in [0.5, 0.6) is 0 Å². The number of pyridine rings is 1. The standard InChI is InChI=1S/C18H17FN8O/c1-9-6-20-10(2)23-16(9)12-7-21-26(4)17(12)18(28)24-14-5-15-22-11(3)25-27(15)8-13(14)19/h5-8H,1-4H3,(H,24,28). The molecule has 4 heterocycles. The van der Waals surface area contributed by atoms with Crippen LogP contribution >= 0.6 is 0 Å². The van der Waals surface area contributed by atoms with Crippen molar-refractivity contribution in [3.8, 4) is 11.3 Å². The molecule has 1 amide bonds. The third-order valence-corrected chi connectivity index (χ3v) is 4.28. The summed E-state index contributed by atoms with van der Waals surface area (Å²) in [7, 11) is 1.64. The van der Waals surface area contributed by atoms with Crippen LogP contribution in [0.4, 0.5) is 10.1 Å². The van der Waals surface area contributed by atoms with Crippen molar-refractivity contribution in [1.29, 1.82) is 0 Å². The highest BCUT2D eigenvalue weighted by molar-refractivity contribution is 6.07. The maximum atomic E-state index is 14.4. The Morgan fingerprint density at radius 1 is 1.14 bits per heavy atom. The van der Waals surface area contributed by atoms with Gasteiger partial charge in [0.15, 0.2) is 11.5 Å². The zero-order chi connectivity index (χ0) is 20.0. The predicted octanol–water partition coefficient (Wildman–Crippen LogP) is 2.24. The number of nitrogens with one attached hydrogen (secondary N) is 1. The van der Waals surface area contributed by atoms with Crippen LogP contribution < -0.4 is 5.32 Å². The van der Waals surface area contributed by atoms with Crippen LogP contribution in [-0.4, -0.2) is 40.3 Å². The van der Waals surface area contributed by atoms with Crippen LogP contribution in [0.1, 0.15) is 27.7 Å². The molecule has 0 saturated carbocycles. The lowest BCUT2D eigenvalue weighted by Gasteiger charge is -2.10. The Balaban J connectivity index is 1.74. The maximum absolute atomic E-state index is 14.4. The minimum Gasteiger partial charge on any atom is -0.318 e. The Hall–Kier alpha value is -3.69. The van der Waals surface area contributed by atoms with E-state index in [1.165, 1.54) is 21.5 Å². The van der Waals surface area contributed by atoms with Gasteiger partial charge in [-0.1, -0.05) is 0 Å². The normalized spacial score (nSPS) is 11.2. The first-order chi connectivity index (χ1) is 13.3. The molecule has 0 fully saturated rings. The van der Waals surface area contributed by atoms with Crippen molar-refractivity contribution in [2.24, 2.45) is 7.05 Å². The summed E-state index contributed by atoms with van der Waals surface area (Å²) in [6.45, 7) is 5.33. The molecule has 0 bridgehead atoms. The SMILES string of the molecule is Cc1ncc(C)c(-c2cnn(C)c2C(=O)Nc2cc3nc(C)nn3cc2F)n1. The van der Waals surface area contributed by atoms with Gasteiger partial charge in [-0.2, -0.15) is 10.2 Å². The number of rotatable bonds is 3. The lowest BCUT2D eigenvalue weighted by Crippen LogP contribution is -2.18. The number of hydrogen-bond acceptors (Lipinski definition) is 6. The van der Waals surface area contributed by atoms with Crippen LogP contribution in [-0.2, 0) is 7.05 Å². The van der Waals surface area contributed by atoms with Gasteiger partial charge in [-0.25, -0.2) is 23.9 Å². The van der Waals surface area contributed by atoms with E-state index < -0.39 is 11.7 Å². The fraction of sp³-hybridized carbons (Fsp3) is 0.222. The fourth-order valence-corrected chi connectivity index (χ4v) is 2.98. The number of halogens is 1. The maximum Gasteiger partial charge on any atom is 0.274 e. The van der Waals surface area contributed by atoms with Gasteiger partial charge in [0.05, 0.1) is 29.3 Å². The smallest absolute Gasteiger partial charge is 0.274 e. The molecule has 142 valence electrons. The predicted molar refractivity (Wildman–Crippen MR) is 99.3 cm³/mol. The molecule has 0 aliphatic carbocycles. The van der Waals surface area contributed by atoms with E-state index in [1.54, 1.807) is 33.3 Å². The van der Waals surface area contributed by atoms with Gasteiger partial charge in [-0.3, -0.25) is 9.48 Å². The molecule has 10 heteroatoms. The van der Waals surface area contributed by atoms with Gasteiger partial charge in [-0.15, -0.1) is 0 Å². The summed E-state index contributed by atoms with van der Waals surface area (Å²) < 4.78 is 17.2. The molecule has 0 unspecified atom stereocenters. The van der Waals surface area contributed by atoms with Crippen molar-refractivity contribution >= 4 is 17.2 Å². The van der Waals surface area contributed by atoms with E-state index in [4.69, 9.17) is 0 Å². The fourth-order valence-electron chi connectivity index (χ4n) is 2.98. The first-order valence-electron chi connectivity index (χ1n) is 8.50. The number of anilines is 1. The van der Waals surface area contributed by atoms with E-state index in [1.807, 2.05) is 6.92 Å². The van der Waals surface area contributed by atoms with E-state index in [2.05, 4.69) is 30.5 Å². The highest BCUT2D eigenvalue weighted by Crippen LogP contribution is 2.26. The number of aryl methyl sites for hydroxylation is 4. The zero-order valence-corrected chi connectivity index (χ0v) is 15.7. The van der Waals surface area contributed by atoms with E-state index in [0.717, 1.165) is 5.56 Å². The zero-order valence-electron chi connectivity index (χ0n) is 15.7. The van der Waals surface area contributed by atoms with Crippen molar-refractivity contribution in [2.75, 3.05) is 5.32 Å². The van der Waals surface area contributed by atoms with E-state index >= 15 is 0 Å². The minimum atomic E-state index is -0.622. The number of hydrogen-bond donors (Lipinski definition) is 1. The molecule has 4 aromatic heterocycles. The molecular weight excluding hydrogens is 363 g/mol. The van der Waals surface area contributed by atoms with Crippen molar-refractivity contribution in [1.82, 2.24) is 34.3 Å². The molecule has 0 radical (unpaired) electrons. The highest BCUT2D eigenvalue weighted by atomic mass is 19.1. The number of carbonyl (C=O) groups excluding carboxylic acids is 1. The Morgan fingerprint density at radius 2 is 1.93 bits per heavy atom. The summed E-state index contributed by atoms with van der Waals surface area (Å²) in [5, 5.41) is 10.8. The second-order valence-corrected chi connectivity index (χ2v) is 6.43. The average molecular weight is 380 g/mol. The molecule has 9 nitrogen and oxygen atoms in total. The third kappa shape index (κ3) is 2.98. The molecule has 28 heavy (non-hydrogen) atoms. The lowest BCUT2D eigenvalue weighted by atomic mass is 10.1. The van der Waals surface area contributed by atoms with Crippen LogP contribution in [0.3, 0.4) is 0 Å². The van der Waals surface area contributed by atoms with E-state index in [9.17, 15) is 9.18 Å². The van der Waals surface area contributed by atoms with Gasteiger partial charge in [0.25, 0.3) is 5.91 Å². The van der Waals surface area contributed by atoms with Crippen LogP contribution in [0.2, 0.25) is 0 Å². The molecule has 0 aliphatic heterocycles. The quantitative estimate of drug-likeness (QED) is 0.585. The first kappa shape index (κ1) is 17.7. The minimum absolute atomic E-state index is 0.00707. The molecule has 0 aromatic carbocycles.